The van der Waals surface area contributed by atoms with Gasteiger partial charge < -0.3 is 25.1 Å². The highest BCUT2D eigenvalue weighted by atomic mass is 16.5. The number of methoxy groups -OCH3 is 2. The lowest BCUT2D eigenvalue weighted by Gasteiger charge is -2.12. The smallest absolute Gasteiger partial charge is 0.221 e. The van der Waals surface area contributed by atoms with Crippen LogP contribution >= 0.6 is 0 Å². The molecular weight excluding hydrogens is 342 g/mol. The van der Waals surface area contributed by atoms with E-state index >= 15 is 0 Å². The molecular formula is C21H25N3O3. The number of ether oxygens (including phenoxy) is 2. The number of aromatic amines is 1. The fraction of sp³-hybridized carbons (Fsp3) is 0.286. The van der Waals surface area contributed by atoms with Gasteiger partial charge in [0.2, 0.25) is 5.91 Å². The molecule has 0 aliphatic heterocycles. The first-order valence-corrected chi connectivity index (χ1v) is 8.99. The van der Waals surface area contributed by atoms with Crippen molar-refractivity contribution in [3.8, 4) is 11.5 Å². The third-order valence-corrected chi connectivity index (χ3v) is 4.47. The molecule has 2 aromatic carbocycles. The molecule has 6 nitrogen and oxygen atoms in total. The van der Waals surface area contributed by atoms with E-state index in [1.54, 1.807) is 14.2 Å². The van der Waals surface area contributed by atoms with Gasteiger partial charge >= 0.3 is 0 Å². The predicted octanol–water partition coefficient (Wildman–Crippen LogP) is 3.35. The van der Waals surface area contributed by atoms with E-state index < -0.39 is 0 Å². The number of rotatable bonds is 9. The van der Waals surface area contributed by atoms with Crippen LogP contribution in [0.2, 0.25) is 0 Å². The van der Waals surface area contributed by atoms with Crippen LogP contribution in [-0.2, 0) is 11.2 Å². The highest BCUT2D eigenvalue weighted by Gasteiger charge is 2.07. The van der Waals surface area contributed by atoms with Crippen molar-refractivity contribution in [1.29, 1.82) is 0 Å². The van der Waals surface area contributed by atoms with Crippen molar-refractivity contribution in [2.24, 2.45) is 0 Å². The standard InChI is InChI=1S/C21H25N3O3/c1-26-16-7-8-20(27-2)19(13-16)22-12-10-21(25)23-11-9-15-14-24-18-6-4-3-5-17(15)18/h3-8,13-14,22,24H,9-12H2,1-2H3,(H,23,25). The molecule has 0 bridgehead atoms. The van der Waals surface area contributed by atoms with Gasteiger partial charge in [-0.15, -0.1) is 0 Å². The number of carbonyl (C=O) groups excluding carboxylic acids is 1. The summed E-state index contributed by atoms with van der Waals surface area (Å²) in [5.41, 5.74) is 3.14. The fourth-order valence-corrected chi connectivity index (χ4v) is 3.03. The number of H-pyrrole nitrogens is 1. The van der Waals surface area contributed by atoms with Gasteiger partial charge in [-0.3, -0.25) is 4.79 Å². The first-order chi connectivity index (χ1) is 13.2. The molecule has 0 unspecified atom stereocenters. The van der Waals surface area contributed by atoms with E-state index in [0.29, 0.717) is 19.5 Å². The van der Waals surface area contributed by atoms with Crippen molar-refractivity contribution in [3.05, 3.63) is 54.2 Å². The molecule has 3 N–H and O–H groups in total. The van der Waals surface area contributed by atoms with Crippen LogP contribution < -0.4 is 20.1 Å². The molecule has 0 spiro atoms. The summed E-state index contributed by atoms with van der Waals surface area (Å²) in [5, 5.41) is 7.41. The van der Waals surface area contributed by atoms with Crippen LogP contribution in [0.15, 0.2) is 48.7 Å². The molecule has 1 heterocycles. The lowest BCUT2D eigenvalue weighted by atomic mass is 10.1. The van der Waals surface area contributed by atoms with Gasteiger partial charge in [0.25, 0.3) is 0 Å². The molecule has 0 atom stereocenters. The third-order valence-electron chi connectivity index (χ3n) is 4.47. The number of nitrogens with one attached hydrogen (secondary N) is 3. The van der Waals surface area contributed by atoms with E-state index in [1.807, 2.05) is 36.5 Å². The molecule has 3 aromatic rings. The van der Waals surface area contributed by atoms with Gasteiger partial charge in [-0.2, -0.15) is 0 Å². The van der Waals surface area contributed by atoms with E-state index in [2.05, 4.69) is 27.8 Å². The number of para-hydroxylation sites is 1. The van der Waals surface area contributed by atoms with E-state index in [0.717, 1.165) is 29.1 Å². The number of hydrogen-bond donors (Lipinski definition) is 3. The molecule has 0 aliphatic carbocycles. The summed E-state index contributed by atoms with van der Waals surface area (Å²) in [6.45, 7) is 1.13. The van der Waals surface area contributed by atoms with Crippen LogP contribution in [0.3, 0.4) is 0 Å². The first kappa shape index (κ1) is 18.6. The number of amides is 1. The normalized spacial score (nSPS) is 10.6. The van der Waals surface area contributed by atoms with Crippen molar-refractivity contribution in [2.75, 3.05) is 32.6 Å². The molecule has 0 saturated carbocycles. The predicted molar refractivity (Wildman–Crippen MR) is 108 cm³/mol. The van der Waals surface area contributed by atoms with E-state index in [4.69, 9.17) is 9.47 Å². The number of aromatic nitrogens is 1. The van der Waals surface area contributed by atoms with Gasteiger partial charge in [0.05, 0.1) is 19.9 Å². The molecule has 0 radical (unpaired) electrons. The minimum absolute atomic E-state index is 0.0178. The van der Waals surface area contributed by atoms with Gasteiger partial charge in [-0.25, -0.2) is 0 Å². The molecule has 0 saturated heterocycles. The molecule has 1 aromatic heterocycles. The number of carbonyl (C=O) groups is 1. The van der Waals surface area contributed by atoms with E-state index in [-0.39, 0.29) is 5.91 Å². The third kappa shape index (κ3) is 4.73. The van der Waals surface area contributed by atoms with Gasteiger partial charge in [-0.1, -0.05) is 18.2 Å². The molecule has 6 heteroatoms. The molecule has 1 amide bonds. The summed E-state index contributed by atoms with van der Waals surface area (Å²) in [7, 11) is 3.23. The van der Waals surface area contributed by atoms with Crippen molar-refractivity contribution >= 4 is 22.5 Å². The second-order valence-electron chi connectivity index (χ2n) is 6.20. The van der Waals surface area contributed by atoms with Crippen molar-refractivity contribution in [2.45, 2.75) is 12.8 Å². The number of anilines is 1. The monoisotopic (exact) mass is 367 g/mol. The minimum Gasteiger partial charge on any atom is -0.497 e. The van der Waals surface area contributed by atoms with Gasteiger partial charge in [-0.05, 0) is 30.2 Å². The minimum atomic E-state index is 0.0178. The lowest BCUT2D eigenvalue weighted by molar-refractivity contribution is -0.120. The van der Waals surface area contributed by atoms with Crippen LogP contribution in [0.1, 0.15) is 12.0 Å². The number of hydrogen-bond acceptors (Lipinski definition) is 4. The van der Waals surface area contributed by atoms with Crippen LogP contribution in [-0.4, -0.2) is 38.2 Å². The van der Waals surface area contributed by atoms with Crippen LogP contribution in [0.5, 0.6) is 11.5 Å². The molecule has 27 heavy (non-hydrogen) atoms. The average molecular weight is 367 g/mol. The van der Waals surface area contributed by atoms with Gasteiger partial charge in [0.15, 0.2) is 0 Å². The topological polar surface area (TPSA) is 75.4 Å². The summed E-state index contributed by atoms with van der Waals surface area (Å²) in [6, 6.07) is 13.7. The maximum atomic E-state index is 12.1. The number of fused-ring (bicyclic) bond motifs is 1. The largest absolute Gasteiger partial charge is 0.497 e. The maximum Gasteiger partial charge on any atom is 0.221 e. The molecule has 0 fully saturated rings. The molecule has 0 aliphatic rings. The Morgan fingerprint density at radius 1 is 1.07 bits per heavy atom. The van der Waals surface area contributed by atoms with Crippen LogP contribution in [0.4, 0.5) is 5.69 Å². The Labute approximate surface area is 158 Å². The highest BCUT2D eigenvalue weighted by Crippen LogP contribution is 2.28. The molecule has 3 rings (SSSR count). The Bertz CT molecular complexity index is 905. The van der Waals surface area contributed by atoms with E-state index in [9.17, 15) is 4.79 Å². The average Bonchev–Trinajstić information content (AvgIpc) is 3.11. The van der Waals surface area contributed by atoms with Crippen molar-refractivity contribution in [3.63, 3.8) is 0 Å². The van der Waals surface area contributed by atoms with Gasteiger partial charge in [0, 0.05) is 42.7 Å². The zero-order valence-electron chi connectivity index (χ0n) is 15.7. The quantitative estimate of drug-likeness (QED) is 0.542. The Morgan fingerprint density at radius 3 is 2.74 bits per heavy atom. The fourth-order valence-electron chi connectivity index (χ4n) is 3.03. The summed E-state index contributed by atoms with van der Waals surface area (Å²) in [4.78, 5) is 15.3. The highest BCUT2D eigenvalue weighted by molar-refractivity contribution is 5.83. The van der Waals surface area contributed by atoms with Crippen molar-refractivity contribution in [1.82, 2.24) is 10.3 Å². The Hall–Kier alpha value is -3.15. The SMILES string of the molecule is COc1ccc(OC)c(NCCC(=O)NCCc2c[nH]c3ccccc23)c1. The zero-order chi connectivity index (χ0) is 19.1. The summed E-state index contributed by atoms with van der Waals surface area (Å²) >= 11 is 0. The van der Waals surface area contributed by atoms with Crippen LogP contribution in [0, 0.1) is 0 Å². The Balaban J connectivity index is 1.44. The maximum absolute atomic E-state index is 12.1. The summed E-state index contributed by atoms with van der Waals surface area (Å²) in [6.07, 6.45) is 3.19. The number of benzene rings is 2. The van der Waals surface area contributed by atoms with Crippen molar-refractivity contribution < 1.29 is 14.3 Å². The summed E-state index contributed by atoms with van der Waals surface area (Å²) < 4.78 is 10.5. The molecule has 142 valence electrons. The van der Waals surface area contributed by atoms with Gasteiger partial charge in [0.1, 0.15) is 11.5 Å². The van der Waals surface area contributed by atoms with Crippen LogP contribution in [0.25, 0.3) is 10.9 Å². The second-order valence-corrected chi connectivity index (χ2v) is 6.20. The zero-order valence-corrected chi connectivity index (χ0v) is 15.7. The Morgan fingerprint density at radius 2 is 1.93 bits per heavy atom. The second kappa shape index (κ2) is 8.98. The summed E-state index contributed by atoms with van der Waals surface area (Å²) in [5.74, 6) is 1.47. The van der Waals surface area contributed by atoms with E-state index in [1.165, 1.54) is 10.9 Å². The Kier molecular flexibility index (Phi) is 6.20. The first-order valence-electron chi connectivity index (χ1n) is 8.99. The lowest BCUT2D eigenvalue weighted by Crippen LogP contribution is -2.27.